The number of hydrogen-bond acceptors (Lipinski definition) is 2. The molecule has 1 heterocycles. The number of aryl methyl sites for hydroxylation is 1. The Bertz CT molecular complexity index is 254. The van der Waals surface area contributed by atoms with E-state index in [0.29, 0.717) is 12.0 Å². The van der Waals surface area contributed by atoms with E-state index in [4.69, 9.17) is 0 Å². The second-order valence-electron chi connectivity index (χ2n) is 3.53. The quantitative estimate of drug-likeness (QED) is 0.766. The molecule has 13 heavy (non-hydrogen) atoms. The summed E-state index contributed by atoms with van der Waals surface area (Å²) in [5, 5.41) is 7.51. The molecule has 0 saturated carbocycles. The molecule has 0 saturated heterocycles. The van der Waals surface area contributed by atoms with Gasteiger partial charge in [-0.25, -0.2) is 0 Å². The van der Waals surface area contributed by atoms with Crippen LogP contribution < -0.4 is 5.32 Å². The predicted octanol–water partition coefficient (Wildman–Crippen LogP) is 1.73. The Labute approximate surface area is 80.1 Å². The molecule has 2 unspecified atom stereocenters. The maximum absolute atomic E-state index is 4.18. The van der Waals surface area contributed by atoms with Crippen molar-refractivity contribution in [2.45, 2.75) is 26.3 Å². The Morgan fingerprint density at radius 3 is 2.69 bits per heavy atom. The summed E-state index contributed by atoms with van der Waals surface area (Å²) in [6.07, 6.45) is 3.03. The van der Waals surface area contributed by atoms with E-state index in [-0.39, 0.29) is 0 Å². The molecule has 0 aromatic carbocycles. The molecule has 1 aromatic heterocycles. The van der Waals surface area contributed by atoms with Crippen LogP contribution in [0.5, 0.6) is 0 Å². The van der Waals surface area contributed by atoms with Gasteiger partial charge in [-0.15, -0.1) is 0 Å². The van der Waals surface area contributed by atoms with Crippen molar-refractivity contribution in [2.75, 3.05) is 7.05 Å². The SMILES string of the molecule is CCC(C)C(NC)c1ccnn1C. The number of aromatic nitrogens is 2. The molecule has 3 nitrogen and oxygen atoms in total. The van der Waals surface area contributed by atoms with Crippen LogP contribution >= 0.6 is 0 Å². The van der Waals surface area contributed by atoms with Crippen molar-refractivity contribution in [2.24, 2.45) is 13.0 Å². The zero-order chi connectivity index (χ0) is 9.84. The Kier molecular flexibility index (Phi) is 3.48. The summed E-state index contributed by atoms with van der Waals surface area (Å²) in [7, 11) is 3.99. The lowest BCUT2D eigenvalue weighted by Gasteiger charge is -2.22. The van der Waals surface area contributed by atoms with Crippen LogP contribution in [0.1, 0.15) is 32.0 Å². The van der Waals surface area contributed by atoms with Gasteiger partial charge in [0.15, 0.2) is 0 Å². The minimum Gasteiger partial charge on any atom is -0.311 e. The van der Waals surface area contributed by atoms with E-state index in [2.05, 4.69) is 30.3 Å². The summed E-state index contributed by atoms with van der Waals surface area (Å²) in [4.78, 5) is 0. The molecule has 1 N–H and O–H groups in total. The van der Waals surface area contributed by atoms with Gasteiger partial charge in [0, 0.05) is 13.2 Å². The number of hydrogen-bond donors (Lipinski definition) is 1. The molecular weight excluding hydrogens is 162 g/mol. The van der Waals surface area contributed by atoms with Crippen LogP contribution in [0.4, 0.5) is 0 Å². The zero-order valence-electron chi connectivity index (χ0n) is 8.91. The molecule has 0 fully saturated rings. The highest BCUT2D eigenvalue weighted by Crippen LogP contribution is 2.22. The van der Waals surface area contributed by atoms with E-state index >= 15 is 0 Å². The Morgan fingerprint density at radius 2 is 2.31 bits per heavy atom. The van der Waals surface area contributed by atoms with E-state index in [1.165, 1.54) is 12.1 Å². The lowest BCUT2D eigenvalue weighted by Crippen LogP contribution is -2.25. The first-order valence-corrected chi connectivity index (χ1v) is 4.85. The van der Waals surface area contributed by atoms with Gasteiger partial charge in [-0.2, -0.15) is 5.10 Å². The van der Waals surface area contributed by atoms with Crippen molar-refractivity contribution in [1.29, 1.82) is 0 Å². The number of nitrogens with one attached hydrogen (secondary N) is 1. The van der Waals surface area contributed by atoms with Crippen molar-refractivity contribution in [3.63, 3.8) is 0 Å². The maximum atomic E-state index is 4.18. The molecule has 0 bridgehead atoms. The first-order valence-electron chi connectivity index (χ1n) is 4.85. The second-order valence-corrected chi connectivity index (χ2v) is 3.53. The molecule has 0 aliphatic rings. The average Bonchev–Trinajstić information content (AvgIpc) is 2.53. The lowest BCUT2D eigenvalue weighted by atomic mass is 9.96. The molecule has 0 spiro atoms. The minimum absolute atomic E-state index is 0.414. The fourth-order valence-corrected chi connectivity index (χ4v) is 1.65. The Morgan fingerprint density at radius 1 is 1.62 bits per heavy atom. The van der Waals surface area contributed by atoms with Crippen LogP contribution in [0.15, 0.2) is 12.3 Å². The number of rotatable bonds is 4. The van der Waals surface area contributed by atoms with Crippen molar-refractivity contribution in [1.82, 2.24) is 15.1 Å². The van der Waals surface area contributed by atoms with Gasteiger partial charge in [-0.1, -0.05) is 20.3 Å². The van der Waals surface area contributed by atoms with E-state index in [0.717, 1.165) is 0 Å². The normalized spacial score (nSPS) is 15.7. The molecule has 0 amide bonds. The smallest absolute Gasteiger partial charge is 0.0552 e. The fourth-order valence-electron chi connectivity index (χ4n) is 1.65. The zero-order valence-corrected chi connectivity index (χ0v) is 8.91. The topological polar surface area (TPSA) is 29.9 Å². The van der Waals surface area contributed by atoms with Crippen molar-refractivity contribution in [3.8, 4) is 0 Å². The van der Waals surface area contributed by atoms with Gasteiger partial charge in [-0.05, 0) is 19.0 Å². The predicted molar refractivity (Wildman–Crippen MR) is 54.5 cm³/mol. The molecule has 0 aliphatic carbocycles. The maximum Gasteiger partial charge on any atom is 0.0552 e. The third-order valence-electron chi connectivity index (χ3n) is 2.70. The van der Waals surface area contributed by atoms with Crippen LogP contribution in [0.25, 0.3) is 0 Å². The highest BCUT2D eigenvalue weighted by molar-refractivity contribution is 5.07. The summed E-state index contributed by atoms with van der Waals surface area (Å²) in [5.41, 5.74) is 1.26. The van der Waals surface area contributed by atoms with Crippen LogP contribution in [0, 0.1) is 5.92 Å². The van der Waals surface area contributed by atoms with Crippen molar-refractivity contribution >= 4 is 0 Å². The first-order chi connectivity index (χ1) is 6.20. The van der Waals surface area contributed by atoms with Gasteiger partial charge >= 0.3 is 0 Å². The van der Waals surface area contributed by atoms with Gasteiger partial charge in [-0.3, -0.25) is 4.68 Å². The summed E-state index contributed by atoms with van der Waals surface area (Å²) in [5.74, 6) is 0.639. The van der Waals surface area contributed by atoms with Crippen LogP contribution in [-0.4, -0.2) is 16.8 Å². The van der Waals surface area contributed by atoms with Crippen molar-refractivity contribution in [3.05, 3.63) is 18.0 Å². The van der Waals surface area contributed by atoms with Gasteiger partial charge in [0.2, 0.25) is 0 Å². The van der Waals surface area contributed by atoms with Gasteiger partial charge in [0.25, 0.3) is 0 Å². The summed E-state index contributed by atoms with van der Waals surface area (Å²) < 4.78 is 1.94. The molecule has 1 rings (SSSR count). The van der Waals surface area contributed by atoms with E-state index in [1.54, 1.807) is 0 Å². The molecular formula is C10H19N3. The molecule has 0 radical (unpaired) electrons. The summed E-state index contributed by atoms with van der Waals surface area (Å²) in [6, 6.07) is 2.49. The molecule has 2 atom stereocenters. The second kappa shape index (κ2) is 4.42. The fraction of sp³-hybridized carbons (Fsp3) is 0.700. The minimum atomic E-state index is 0.414. The molecule has 3 heteroatoms. The largest absolute Gasteiger partial charge is 0.311 e. The van der Waals surface area contributed by atoms with Crippen molar-refractivity contribution < 1.29 is 0 Å². The van der Waals surface area contributed by atoms with Crippen LogP contribution in [-0.2, 0) is 7.05 Å². The van der Waals surface area contributed by atoms with Gasteiger partial charge in [0.05, 0.1) is 11.7 Å². The third-order valence-corrected chi connectivity index (χ3v) is 2.70. The Hall–Kier alpha value is -0.830. The molecule has 74 valence electrons. The highest BCUT2D eigenvalue weighted by Gasteiger charge is 2.18. The van der Waals surface area contributed by atoms with Gasteiger partial charge < -0.3 is 5.32 Å². The third kappa shape index (κ3) is 2.10. The summed E-state index contributed by atoms with van der Waals surface area (Å²) >= 11 is 0. The molecule has 1 aromatic rings. The van der Waals surface area contributed by atoms with Gasteiger partial charge in [0.1, 0.15) is 0 Å². The number of nitrogens with zero attached hydrogens (tertiary/aromatic N) is 2. The van der Waals surface area contributed by atoms with E-state index < -0.39 is 0 Å². The average molecular weight is 181 g/mol. The summed E-state index contributed by atoms with van der Waals surface area (Å²) in [6.45, 7) is 4.47. The monoisotopic (exact) mass is 181 g/mol. The van der Waals surface area contributed by atoms with Crippen LogP contribution in [0.3, 0.4) is 0 Å². The standard InChI is InChI=1S/C10H19N3/c1-5-8(2)10(11-3)9-6-7-12-13(9)4/h6-8,10-11H,5H2,1-4H3. The van der Waals surface area contributed by atoms with E-state index in [1.807, 2.05) is 25.0 Å². The Balaban J connectivity index is 2.84. The van der Waals surface area contributed by atoms with Crippen LogP contribution in [0.2, 0.25) is 0 Å². The first kappa shape index (κ1) is 10.3. The molecule has 0 aliphatic heterocycles. The van der Waals surface area contributed by atoms with E-state index in [9.17, 15) is 0 Å². The lowest BCUT2D eigenvalue weighted by molar-refractivity contribution is 0.380. The highest BCUT2D eigenvalue weighted by atomic mass is 15.3.